The molecule has 0 aliphatic rings. The summed E-state index contributed by atoms with van der Waals surface area (Å²) in [5.74, 6) is 0. The lowest BCUT2D eigenvalue weighted by Crippen LogP contribution is -2.30. The van der Waals surface area contributed by atoms with E-state index < -0.39 is 0 Å². The molecule has 20 heavy (non-hydrogen) atoms. The number of aromatic nitrogens is 2. The van der Waals surface area contributed by atoms with E-state index >= 15 is 0 Å². The van der Waals surface area contributed by atoms with Crippen LogP contribution in [0.3, 0.4) is 0 Å². The van der Waals surface area contributed by atoms with Gasteiger partial charge in [0.05, 0.1) is 0 Å². The zero-order valence-corrected chi connectivity index (χ0v) is 14.0. The van der Waals surface area contributed by atoms with Crippen molar-refractivity contribution in [3.05, 3.63) is 55.0 Å². The van der Waals surface area contributed by atoms with E-state index in [0.29, 0.717) is 9.46 Å². The molecule has 0 bridgehead atoms. The molecule has 0 atom stereocenters. The molecule has 2 aromatic rings. The van der Waals surface area contributed by atoms with E-state index in [1.807, 2.05) is 0 Å². The van der Waals surface area contributed by atoms with Crippen LogP contribution >= 0.6 is 68.0 Å². The SMILES string of the molecule is [O-][n+]1cc(Cl)cc(Cl)c1SSc1c(Cl)cc(Cl)c[n+]1[O-]. The number of hydrogen-bond donors (Lipinski definition) is 0. The lowest BCUT2D eigenvalue weighted by molar-refractivity contribution is -0.646. The van der Waals surface area contributed by atoms with Crippen LogP contribution in [0.15, 0.2) is 34.6 Å². The first kappa shape index (κ1) is 16.1. The molecule has 0 aromatic carbocycles. The van der Waals surface area contributed by atoms with E-state index in [0.717, 1.165) is 21.6 Å². The van der Waals surface area contributed by atoms with E-state index in [-0.39, 0.29) is 30.1 Å². The molecule has 0 fully saturated rings. The van der Waals surface area contributed by atoms with Crippen LogP contribution in [0, 0.1) is 10.4 Å². The highest BCUT2D eigenvalue weighted by atomic mass is 35.5. The number of halogens is 4. The van der Waals surface area contributed by atoms with Crippen LogP contribution < -0.4 is 9.46 Å². The summed E-state index contributed by atoms with van der Waals surface area (Å²) in [6.07, 6.45) is 2.34. The molecule has 0 radical (unpaired) electrons. The molecule has 2 heterocycles. The molecule has 0 unspecified atom stereocenters. The molecule has 4 nitrogen and oxygen atoms in total. The predicted molar refractivity (Wildman–Crippen MR) is 82.6 cm³/mol. The molecule has 0 aliphatic heterocycles. The van der Waals surface area contributed by atoms with Gasteiger partial charge in [-0.05, 0) is 12.1 Å². The molecular weight excluding hydrogens is 386 g/mol. The third kappa shape index (κ3) is 3.69. The Morgan fingerprint density at radius 2 is 1.10 bits per heavy atom. The van der Waals surface area contributed by atoms with Crippen LogP contribution in [0.25, 0.3) is 0 Å². The van der Waals surface area contributed by atoms with Gasteiger partial charge in [0.2, 0.25) is 0 Å². The molecule has 0 saturated heterocycles. The molecule has 2 rings (SSSR count). The third-order valence-corrected chi connectivity index (χ3v) is 5.63. The Kier molecular flexibility index (Phi) is 5.39. The second-order valence-corrected chi connectivity index (χ2v) is 7.24. The molecule has 0 saturated carbocycles. The van der Waals surface area contributed by atoms with Crippen molar-refractivity contribution in [1.82, 2.24) is 0 Å². The van der Waals surface area contributed by atoms with Gasteiger partial charge in [-0.15, -0.1) is 0 Å². The monoisotopic (exact) mass is 388 g/mol. The van der Waals surface area contributed by atoms with Crippen molar-refractivity contribution >= 4 is 68.0 Å². The molecular formula is C10H4Cl4N2O2S2. The Balaban J connectivity index is 2.26. The highest BCUT2D eigenvalue weighted by Crippen LogP contribution is 2.40. The third-order valence-electron chi connectivity index (χ3n) is 2.02. The Hall–Kier alpha value is -0.240. The summed E-state index contributed by atoms with van der Waals surface area (Å²) in [5, 5.41) is 24.6. The molecule has 0 spiro atoms. The van der Waals surface area contributed by atoms with Crippen LogP contribution in [0.4, 0.5) is 0 Å². The molecule has 2 aromatic heterocycles. The summed E-state index contributed by atoms with van der Waals surface area (Å²) in [6.45, 7) is 0. The fourth-order valence-corrected chi connectivity index (χ4v) is 4.78. The number of rotatable bonds is 3. The topological polar surface area (TPSA) is 53.9 Å². The molecule has 0 N–H and O–H groups in total. The zero-order chi connectivity index (χ0) is 14.9. The first-order chi connectivity index (χ1) is 9.38. The van der Waals surface area contributed by atoms with E-state index in [2.05, 4.69) is 0 Å². The summed E-state index contributed by atoms with van der Waals surface area (Å²) in [5.41, 5.74) is 0. The Labute approximate surface area is 142 Å². The van der Waals surface area contributed by atoms with Crippen LogP contribution in [-0.4, -0.2) is 0 Å². The van der Waals surface area contributed by atoms with Crippen molar-refractivity contribution in [2.24, 2.45) is 0 Å². The van der Waals surface area contributed by atoms with Gasteiger partial charge in [-0.1, -0.05) is 46.4 Å². The minimum atomic E-state index is 0.188. The van der Waals surface area contributed by atoms with Crippen LogP contribution in [0.5, 0.6) is 0 Å². The predicted octanol–water partition coefficient (Wildman–Crippen LogP) is 4.37. The Morgan fingerprint density at radius 3 is 1.40 bits per heavy atom. The fourth-order valence-electron chi connectivity index (χ4n) is 1.22. The Morgan fingerprint density at radius 1 is 0.750 bits per heavy atom. The lowest BCUT2D eigenvalue weighted by atomic mass is 10.5. The highest BCUT2D eigenvalue weighted by molar-refractivity contribution is 8.76. The first-order valence-electron chi connectivity index (χ1n) is 4.89. The summed E-state index contributed by atoms with van der Waals surface area (Å²) in [6, 6.07) is 2.88. The van der Waals surface area contributed by atoms with Gasteiger partial charge in [0.1, 0.15) is 20.1 Å². The summed E-state index contributed by atoms with van der Waals surface area (Å²) in [7, 11) is 2.00. The van der Waals surface area contributed by atoms with Gasteiger partial charge in [-0.3, -0.25) is 0 Å². The van der Waals surface area contributed by atoms with Gasteiger partial charge < -0.3 is 10.4 Å². The standard InChI is InChI=1S/C10H4Cl4N2O2S2/c11-5-1-7(13)9(15(17)3-5)19-20-10-8(14)2-6(12)4-16(10)18/h1-4H. The average molecular weight is 390 g/mol. The minimum absolute atomic E-state index is 0.188. The Bertz CT molecular complexity index is 568. The van der Waals surface area contributed by atoms with Crippen molar-refractivity contribution < 1.29 is 9.46 Å². The summed E-state index contributed by atoms with van der Waals surface area (Å²) >= 11 is 23.2. The van der Waals surface area contributed by atoms with Gasteiger partial charge in [-0.2, -0.15) is 9.46 Å². The zero-order valence-electron chi connectivity index (χ0n) is 9.35. The van der Waals surface area contributed by atoms with Crippen LogP contribution in [0.2, 0.25) is 20.1 Å². The highest BCUT2D eigenvalue weighted by Gasteiger charge is 2.20. The largest absolute Gasteiger partial charge is 0.618 e. The van der Waals surface area contributed by atoms with Crippen molar-refractivity contribution in [2.75, 3.05) is 0 Å². The fraction of sp³-hybridized carbons (Fsp3) is 0. The van der Waals surface area contributed by atoms with Crippen molar-refractivity contribution in [3.8, 4) is 0 Å². The van der Waals surface area contributed by atoms with Gasteiger partial charge >= 0.3 is 0 Å². The lowest BCUT2D eigenvalue weighted by Gasteiger charge is -2.07. The van der Waals surface area contributed by atoms with Crippen molar-refractivity contribution in [2.45, 2.75) is 10.1 Å². The van der Waals surface area contributed by atoms with E-state index in [4.69, 9.17) is 46.4 Å². The second kappa shape index (κ2) is 6.68. The van der Waals surface area contributed by atoms with Gasteiger partial charge in [0.25, 0.3) is 10.1 Å². The number of nitrogens with zero attached hydrogens (tertiary/aromatic N) is 2. The van der Waals surface area contributed by atoms with Crippen LogP contribution in [0.1, 0.15) is 0 Å². The number of hydrogen-bond acceptors (Lipinski definition) is 4. The molecule has 106 valence electrons. The normalized spacial score (nSPS) is 10.8. The summed E-state index contributed by atoms with van der Waals surface area (Å²) in [4.78, 5) is 0. The van der Waals surface area contributed by atoms with E-state index in [9.17, 15) is 10.4 Å². The minimum Gasteiger partial charge on any atom is -0.618 e. The molecule has 10 heteroatoms. The maximum Gasteiger partial charge on any atom is 0.281 e. The maximum atomic E-state index is 11.7. The van der Waals surface area contributed by atoms with Crippen LogP contribution in [-0.2, 0) is 0 Å². The smallest absolute Gasteiger partial charge is 0.281 e. The molecule has 0 amide bonds. The van der Waals surface area contributed by atoms with Gasteiger partial charge in [-0.25, -0.2) is 0 Å². The van der Waals surface area contributed by atoms with Gasteiger partial charge in [0, 0.05) is 21.6 Å². The van der Waals surface area contributed by atoms with E-state index in [1.54, 1.807) is 0 Å². The summed E-state index contributed by atoms with van der Waals surface area (Å²) < 4.78 is 1.06. The van der Waals surface area contributed by atoms with E-state index in [1.165, 1.54) is 24.5 Å². The molecule has 0 aliphatic carbocycles. The number of pyridine rings is 2. The first-order valence-corrected chi connectivity index (χ1v) is 8.55. The quantitative estimate of drug-likeness (QED) is 0.444. The van der Waals surface area contributed by atoms with Gasteiger partial charge in [0.15, 0.2) is 12.4 Å². The van der Waals surface area contributed by atoms with Crippen molar-refractivity contribution in [1.29, 1.82) is 0 Å². The van der Waals surface area contributed by atoms with Crippen molar-refractivity contribution in [3.63, 3.8) is 0 Å². The second-order valence-electron chi connectivity index (χ2n) is 3.44. The average Bonchev–Trinajstić information content (AvgIpc) is 2.30. The maximum absolute atomic E-state index is 11.7.